The predicted octanol–water partition coefficient (Wildman–Crippen LogP) is 0.902. The van der Waals surface area contributed by atoms with Crippen LogP contribution in [0.2, 0.25) is 0 Å². The lowest BCUT2D eigenvalue weighted by molar-refractivity contribution is -0.130. The van der Waals surface area contributed by atoms with Crippen molar-refractivity contribution in [3.8, 4) is 0 Å². The third kappa shape index (κ3) is 3.54. The van der Waals surface area contributed by atoms with Crippen molar-refractivity contribution in [2.45, 2.75) is 24.7 Å². The molecule has 0 spiro atoms. The third-order valence-corrected chi connectivity index (χ3v) is 5.54. The third-order valence-electron chi connectivity index (χ3n) is 3.63. The summed E-state index contributed by atoms with van der Waals surface area (Å²) < 4.78 is 26.6. The zero-order valence-corrected chi connectivity index (χ0v) is 13.0. The van der Waals surface area contributed by atoms with E-state index in [1.807, 2.05) is 6.92 Å². The summed E-state index contributed by atoms with van der Waals surface area (Å²) in [6.45, 7) is 3.63. The summed E-state index contributed by atoms with van der Waals surface area (Å²) in [7, 11) is -3.52. The van der Waals surface area contributed by atoms with E-state index in [2.05, 4.69) is 0 Å². The summed E-state index contributed by atoms with van der Waals surface area (Å²) in [5.41, 5.74) is 6.12. The van der Waals surface area contributed by atoms with Crippen molar-refractivity contribution in [2.75, 3.05) is 31.9 Å². The van der Waals surface area contributed by atoms with Crippen LogP contribution in [0.4, 0.5) is 5.69 Å². The largest absolute Gasteiger partial charge is 0.399 e. The summed E-state index contributed by atoms with van der Waals surface area (Å²) in [5.74, 6) is 0.0710. The van der Waals surface area contributed by atoms with E-state index in [-0.39, 0.29) is 10.8 Å². The van der Waals surface area contributed by atoms with Crippen LogP contribution in [0.25, 0.3) is 0 Å². The Bertz CT molecular complexity index is 598. The Morgan fingerprint density at radius 2 is 1.81 bits per heavy atom. The maximum Gasteiger partial charge on any atom is 0.243 e. The Hall–Kier alpha value is -1.60. The van der Waals surface area contributed by atoms with Gasteiger partial charge in [0.15, 0.2) is 0 Å². The molecule has 1 aliphatic heterocycles. The van der Waals surface area contributed by atoms with Crippen LogP contribution in [0, 0.1) is 0 Å². The molecule has 116 valence electrons. The van der Waals surface area contributed by atoms with E-state index >= 15 is 0 Å². The summed E-state index contributed by atoms with van der Waals surface area (Å²) in [6.07, 6.45) is 1.10. The molecule has 2 rings (SSSR count). The van der Waals surface area contributed by atoms with E-state index in [0.29, 0.717) is 44.7 Å². The van der Waals surface area contributed by atoms with Gasteiger partial charge in [0.05, 0.1) is 4.90 Å². The van der Waals surface area contributed by atoms with Crippen LogP contribution in [0.3, 0.4) is 0 Å². The van der Waals surface area contributed by atoms with Crippen LogP contribution in [0.5, 0.6) is 0 Å². The van der Waals surface area contributed by atoms with E-state index in [1.54, 1.807) is 17.0 Å². The first kappa shape index (κ1) is 15.8. The first-order valence-electron chi connectivity index (χ1n) is 7.08. The minimum Gasteiger partial charge on any atom is -0.399 e. The van der Waals surface area contributed by atoms with Crippen LogP contribution >= 0.6 is 0 Å². The maximum atomic E-state index is 12.6. The van der Waals surface area contributed by atoms with Gasteiger partial charge in [-0.15, -0.1) is 0 Å². The minimum atomic E-state index is -3.52. The molecule has 0 radical (unpaired) electrons. The van der Waals surface area contributed by atoms with Gasteiger partial charge in [-0.3, -0.25) is 4.79 Å². The molecule has 7 heteroatoms. The number of rotatable bonds is 3. The van der Waals surface area contributed by atoms with Crippen molar-refractivity contribution in [1.29, 1.82) is 0 Å². The van der Waals surface area contributed by atoms with Gasteiger partial charge in [-0.25, -0.2) is 8.42 Å². The molecule has 2 N–H and O–H groups in total. The van der Waals surface area contributed by atoms with Gasteiger partial charge in [-0.2, -0.15) is 4.31 Å². The van der Waals surface area contributed by atoms with Crippen LogP contribution in [0.15, 0.2) is 29.2 Å². The number of nitrogen functional groups attached to an aromatic ring is 1. The molecule has 1 heterocycles. The monoisotopic (exact) mass is 311 g/mol. The fraction of sp³-hybridized carbons (Fsp3) is 0.500. The summed E-state index contributed by atoms with van der Waals surface area (Å²) >= 11 is 0. The average Bonchev–Trinajstić information content (AvgIpc) is 2.73. The Labute approximate surface area is 125 Å². The molecule has 0 saturated carbocycles. The van der Waals surface area contributed by atoms with Gasteiger partial charge in [0.1, 0.15) is 0 Å². The standard InChI is InChI=1S/C14H21N3O3S/c1-2-14(18)16-8-3-9-17(11-10-16)21(19,20)13-6-4-12(15)5-7-13/h4-7H,2-3,8-11,15H2,1H3. The van der Waals surface area contributed by atoms with Crippen molar-refractivity contribution in [3.05, 3.63) is 24.3 Å². The summed E-state index contributed by atoms with van der Waals surface area (Å²) in [4.78, 5) is 13.7. The van der Waals surface area contributed by atoms with Crippen LogP contribution in [-0.4, -0.2) is 49.7 Å². The van der Waals surface area contributed by atoms with Crippen LogP contribution in [-0.2, 0) is 14.8 Å². The fourth-order valence-corrected chi connectivity index (χ4v) is 3.87. The molecular formula is C14H21N3O3S. The second-order valence-corrected chi connectivity index (χ2v) is 7.00. The van der Waals surface area contributed by atoms with E-state index < -0.39 is 10.0 Å². The first-order valence-corrected chi connectivity index (χ1v) is 8.52. The molecule has 1 aromatic carbocycles. The SMILES string of the molecule is CCC(=O)N1CCCN(S(=O)(=O)c2ccc(N)cc2)CC1. The smallest absolute Gasteiger partial charge is 0.243 e. The van der Waals surface area contributed by atoms with E-state index in [1.165, 1.54) is 16.4 Å². The van der Waals surface area contributed by atoms with Gasteiger partial charge in [-0.05, 0) is 30.7 Å². The zero-order chi connectivity index (χ0) is 15.5. The van der Waals surface area contributed by atoms with Crippen molar-refractivity contribution < 1.29 is 13.2 Å². The molecule has 0 atom stereocenters. The number of sulfonamides is 1. The molecule has 1 saturated heterocycles. The maximum absolute atomic E-state index is 12.6. The molecule has 21 heavy (non-hydrogen) atoms. The molecule has 1 amide bonds. The van der Waals surface area contributed by atoms with Crippen molar-refractivity contribution in [2.24, 2.45) is 0 Å². The number of hydrogen-bond donors (Lipinski definition) is 1. The number of carbonyl (C=O) groups is 1. The second kappa shape index (κ2) is 6.44. The Kier molecular flexibility index (Phi) is 4.84. The molecule has 6 nitrogen and oxygen atoms in total. The summed E-state index contributed by atoms with van der Waals surface area (Å²) in [5, 5.41) is 0. The van der Waals surface area contributed by atoms with Gasteiger partial charge >= 0.3 is 0 Å². The van der Waals surface area contributed by atoms with Crippen molar-refractivity contribution >= 4 is 21.6 Å². The normalized spacial score (nSPS) is 17.5. The summed E-state index contributed by atoms with van der Waals surface area (Å²) in [6, 6.07) is 6.20. The van der Waals surface area contributed by atoms with E-state index in [9.17, 15) is 13.2 Å². The average molecular weight is 311 g/mol. The number of hydrogen-bond acceptors (Lipinski definition) is 4. The minimum absolute atomic E-state index is 0.0710. The number of benzene rings is 1. The molecule has 0 aromatic heterocycles. The lowest BCUT2D eigenvalue weighted by Crippen LogP contribution is -2.37. The Morgan fingerprint density at radius 1 is 1.14 bits per heavy atom. The van der Waals surface area contributed by atoms with Crippen molar-refractivity contribution in [1.82, 2.24) is 9.21 Å². The van der Waals surface area contributed by atoms with E-state index in [4.69, 9.17) is 5.73 Å². The van der Waals surface area contributed by atoms with Crippen LogP contribution < -0.4 is 5.73 Å². The van der Waals surface area contributed by atoms with Gasteiger partial charge in [0.25, 0.3) is 0 Å². The number of carbonyl (C=O) groups excluding carboxylic acids is 1. The highest BCUT2D eigenvalue weighted by atomic mass is 32.2. The molecule has 1 aromatic rings. The molecule has 1 fully saturated rings. The highest BCUT2D eigenvalue weighted by molar-refractivity contribution is 7.89. The van der Waals surface area contributed by atoms with Crippen molar-refractivity contribution in [3.63, 3.8) is 0 Å². The highest BCUT2D eigenvalue weighted by Gasteiger charge is 2.27. The van der Waals surface area contributed by atoms with Gasteiger partial charge in [0.2, 0.25) is 15.9 Å². The number of amides is 1. The molecular weight excluding hydrogens is 290 g/mol. The molecule has 0 bridgehead atoms. The second-order valence-electron chi connectivity index (χ2n) is 5.06. The Morgan fingerprint density at radius 3 is 2.43 bits per heavy atom. The molecule has 0 unspecified atom stereocenters. The lowest BCUT2D eigenvalue weighted by atomic mass is 10.3. The van der Waals surface area contributed by atoms with Crippen LogP contribution in [0.1, 0.15) is 19.8 Å². The van der Waals surface area contributed by atoms with Gasteiger partial charge < -0.3 is 10.6 Å². The number of anilines is 1. The number of nitrogens with two attached hydrogens (primary N) is 1. The highest BCUT2D eigenvalue weighted by Crippen LogP contribution is 2.19. The number of nitrogens with zero attached hydrogens (tertiary/aromatic N) is 2. The van der Waals surface area contributed by atoms with E-state index in [0.717, 1.165) is 0 Å². The quantitative estimate of drug-likeness (QED) is 0.841. The molecule has 0 aliphatic carbocycles. The fourth-order valence-electron chi connectivity index (χ4n) is 2.40. The topological polar surface area (TPSA) is 83.7 Å². The zero-order valence-electron chi connectivity index (χ0n) is 12.2. The van der Waals surface area contributed by atoms with Gasteiger partial charge in [0, 0.05) is 38.3 Å². The lowest BCUT2D eigenvalue weighted by Gasteiger charge is -2.21. The predicted molar refractivity (Wildman–Crippen MR) is 81.1 cm³/mol. The first-order chi connectivity index (χ1) is 9.95. The van der Waals surface area contributed by atoms with Gasteiger partial charge in [-0.1, -0.05) is 6.92 Å². The molecule has 1 aliphatic rings. The Balaban J connectivity index is 2.14.